The van der Waals surface area contributed by atoms with E-state index in [1.54, 1.807) is 4.90 Å². The fraction of sp³-hybridized carbons (Fsp3) is 0.286. The summed E-state index contributed by atoms with van der Waals surface area (Å²) in [4.78, 5) is 38.3. The summed E-state index contributed by atoms with van der Waals surface area (Å²) in [5.41, 5.74) is 1.34. The predicted octanol–water partition coefficient (Wildman–Crippen LogP) is 1.58. The van der Waals surface area contributed by atoms with Crippen LogP contribution in [0.2, 0.25) is 0 Å². The lowest BCUT2D eigenvalue weighted by Gasteiger charge is -2.31. The molecule has 1 unspecified atom stereocenters. The highest BCUT2D eigenvalue weighted by Crippen LogP contribution is 2.10. The van der Waals surface area contributed by atoms with Crippen molar-refractivity contribution in [1.29, 1.82) is 0 Å². The van der Waals surface area contributed by atoms with Crippen molar-refractivity contribution in [3.63, 3.8) is 0 Å². The zero-order valence-electron chi connectivity index (χ0n) is 15.3. The average molecular weight is 382 g/mol. The lowest BCUT2D eigenvalue weighted by atomic mass is 10.0. The molecule has 0 bridgehead atoms. The number of carboxylic acid groups (broad SMARTS) is 1. The number of carbonyl (C=O) groups excluding carboxylic acids is 2. The normalized spacial score (nSPS) is 14.9. The van der Waals surface area contributed by atoms with Crippen molar-refractivity contribution in [2.24, 2.45) is 0 Å². The molecule has 0 spiro atoms. The minimum Gasteiger partial charge on any atom is -0.478 e. The van der Waals surface area contributed by atoms with Crippen LogP contribution in [0.15, 0.2) is 54.6 Å². The highest BCUT2D eigenvalue weighted by molar-refractivity contribution is 5.98. The van der Waals surface area contributed by atoms with Gasteiger partial charge in [0, 0.05) is 25.1 Å². The molecule has 146 valence electrons. The smallest absolute Gasteiger partial charge is 0.335 e. The molecule has 0 aliphatic carbocycles. The Labute approximate surface area is 162 Å². The molecule has 7 nitrogen and oxygen atoms in total. The Morgan fingerprint density at radius 2 is 1.57 bits per heavy atom. The van der Waals surface area contributed by atoms with Crippen LogP contribution >= 0.6 is 0 Å². The third-order valence-corrected chi connectivity index (χ3v) is 4.60. The largest absolute Gasteiger partial charge is 0.478 e. The molecule has 7 heteroatoms. The summed E-state index contributed by atoms with van der Waals surface area (Å²) in [6, 6.07) is 14.4. The second-order valence-electron chi connectivity index (χ2n) is 6.54. The lowest BCUT2D eigenvalue weighted by Crippen LogP contribution is -2.52. The number of morpholine rings is 1. The number of nitrogens with zero attached hydrogens (tertiary/aromatic N) is 1. The number of amides is 2. The molecule has 1 aliphatic rings. The van der Waals surface area contributed by atoms with Gasteiger partial charge in [-0.25, -0.2) is 4.79 Å². The first-order chi connectivity index (χ1) is 13.5. The van der Waals surface area contributed by atoms with Gasteiger partial charge < -0.3 is 20.1 Å². The van der Waals surface area contributed by atoms with E-state index in [9.17, 15) is 14.4 Å². The van der Waals surface area contributed by atoms with Gasteiger partial charge in [-0.2, -0.15) is 0 Å². The van der Waals surface area contributed by atoms with Crippen LogP contribution in [0.5, 0.6) is 0 Å². The van der Waals surface area contributed by atoms with Gasteiger partial charge in [-0.1, -0.05) is 30.3 Å². The maximum Gasteiger partial charge on any atom is 0.335 e. The van der Waals surface area contributed by atoms with E-state index in [1.807, 2.05) is 30.3 Å². The topological polar surface area (TPSA) is 95.9 Å². The Bertz CT molecular complexity index is 830. The molecule has 3 rings (SSSR count). The van der Waals surface area contributed by atoms with E-state index in [-0.39, 0.29) is 11.5 Å². The molecule has 2 N–H and O–H groups in total. The van der Waals surface area contributed by atoms with Gasteiger partial charge >= 0.3 is 5.97 Å². The highest BCUT2D eigenvalue weighted by Gasteiger charge is 2.27. The Kier molecular flexibility index (Phi) is 6.39. The summed E-state index contributed by atoms with van der Waals surface area (Å²) >= 11 is 0. The molecule has 1 saturated heterocycles. The SMILES string of the molecule is O=C(O)c1ccc(C(=O)NC(Cc2ccccc2)C(=O)N2CCOCC2)cc1. The van der Waals surface area contributed by atoms with Crippen molar-refractivity contribution < 1.29 is 24.2 Å². The first-order valence-electron chi connectivity index (χ1n) is 9.09. The monoisotopic (exact) mass is 382 g/mol. The van der Waals surface area contributed by atoms with Crippen LogP contribution in [0, 0.1) is 0 Å². The van der Waals surface area contributed by atoms with Crippen molar-refractivity contribution in [2.45, 2.75) is 12.5 Å². The number of carbonyl (C=O) groups is 3. The van der Waals surface area contributed by atoms with Gasteiger partial charge in [0.25, 0.3) is 5.91 Å². The Balaban J connectivity index is 1.76. The van der Waals surface area contributed by atoms with Gasteiger partial charge in [0.05, 0.1) is 18.8 Å². The molecule has 28 heavy (non-hydrogen) atoms. The van der Waals surface area contributed by atoms with Gasteiger partial charge in [0.15, 0.2) is 0 Å². The molecule has 1 aliphatic heterocycles. The predicted molar refractivity (Wildman–Crippen MR) is 102 cm³/mol. The Morgan fingerprint density at radius 1 is 0.964 bits per heavy atom. The standard InChI is InChI=1S/C21H22N2O5/c24-19(16-6-8-17(9-7-16)21(26)27)22-18(14-15-4-2-1-3-5-15)20(25)23-10-12-28-13-11-23/h1-9,18H,10-14H2,(H,22,24)(H,26,27). The van der Waals surface area contributed by atoms with Crippen molar-refractivity contribution in [3.05, 3.63) is 71.3 Å². The summed E-state index contributed by atoms with van der Waals surface area (Å²) in [5, 5.41) is 11.8. The fourth-order valence-corrected chi connectivity index (χ4v) is 3.06. The van der Waals surface area contributed by atoms with Crippen LogP contribution in [0.4, 0.5) is 0 Å². The van der Waals surface area contributed by atoms with E-state index in [4.69, 9.17) is 9.84 Å². The number of hydrogen-bond donors (Lipinski definition) is 2. The summed E-state index contributed by atoms with van der Waals surface area (Å²) in [7, 11) is 0. The maximum absolute atomic E-state index is 13.0. The lowest BCUT2D eigenvalue weighted by molar-refractivity contribution is -0.137. The highest BCUT2D eigenvalue weighted by atomic mass is 16.5. The number of hydrogen-bond acceptors (Lipinski definition) is 4. The van der Waals surface area contributed by atoms with E-state index < -0.39 is 17.9 Å². The zero-order valence-corrected chi connectivity index (χ0v) is 15.3. The number of nitrogens with one attached hydrogen (secondary N) is 1. The van der Waals surface area contributed by atoms with E-state index in [0.717, 1.165) is 5.56 Å². The Morgan fingerprint density at radius 3 is 2.18 bits per heavy atom. The minimum absolute atomic E-state index is 0.0989. The summed E-state index contributed by atoms with van der Waals surface area (Å²) in [6.07, 6.45) is 0.371. The first-order valence-corrected chi connectivity index (χ1v) is 9.09. The fourth-order valence-electron chi connectivity index (χ4n) is 3.06. The summed E-state index contributed by atoms with van der Waals surface area (Å²) < 4.78 is 5.30. The third-order valence-electron chi connectivity index (χ3n) is 4.60. The quantitative estimate of drug-likeness (QED) is 0.791. The second-order valence-corrected chi connectivity index (χ2v) is 6.54. The number of benzene rings is 2. The molecule has 2 aromatic carbocycles. The molecule has 1 fully saturated rings. The number of carboxylic acids is 1. The minimum atomic E-state index is -1.06. The molecule has 2 aromatic rings. The average Bonchev–Trinajstić information content (AvgIpc) is 2.74. The molecule has 1 atom stereocenters. The molecule has 0 saturated carbocycles. The maximum atomic E-state index is 13.0. The van der Waals surface area contributed by atoms with E-state index >= 15 is 0 Å². The van der Waals surface area contributed by atoms with Gasteiger partial charge in [-0.05, 0) is 29.8 Å². The van der Waals surface area contributed by atoms with Crippen LogP contribution in [0.3, 0.4) is 0 Å². The van der Waals surface area contributed by atoms with Crippen molar-refractivity contribution in [1.82, 2.24) is 10.2 Å². The van der Waals surface area contributed by atoms with Gasteiger partial charge in [-0.3, -0.25) is 9.59 Å². The molecule has 0 radical (unpaired) electrons. The third kappa shape index (κ3) is 4.95. The second kappa shape index (κ2) is 9.14. The van der Waals surface area contributed by atoms with Crippen LogP contribution < -0.4 is 5.32 Å². The Hall–Kier alpha value is -3.19. The van der Waals surface area contributed by atoms with Crippen LogP contribution in [0.25, 0.3) is 0 Å². The number of aromatic carboxylic acids is 1. The van der Waals surface area contributed by atoms with Gasteiger partial charge in [-0.15, -0.1) is 0 Å². The van der Waals surface area contributed by atoms with Gasteiger partial charge in [0.1, 0.15) is 6.04 Å². The summed E-state index contributed by atoms with van der Waals surface area (Å²) in [5.74, 6) is -1.63. The molecular weight excluding hydrogens is 360 g/mol. The molecule has 2 amide bonds. The van der Waals surface area contributed by atoms with E-state index in [0.29, 0.717) is 38.3 Å². The van der Waals surface area contributed by atoms with Crippen molar-refractivity contribution in [3.8, 4) is 0 Å². The first kappa shape index (κ1) is 19.6. The van der Waals surface area contributed by atoms with Crippen LogP contribution in [0.1, 0.15) is 26.3 Å². The van der Waals surface area contributed by atoms with Gasteiger partial charge in [0.2, 0.25) is 5.91 Å². The summed E-state index contributed by atoms with van der Waals surface area (Å²) in [6.45, 7) is 1.95. The molecule has 0 aromatic heterocycles. The van der Waals surface area contributed by atoms with Crippen LogP contribution in [-0.4, -0.2) is 60.1 Å². The van der Waals surface area contributed by atoms with Crippen LogP contribution in [-0.2, 0) is 16.0 Å². The van der Waals surface area contributed by atoms with E-state index in [2.05, 4.69) is 5.32 Å². The molecule has 1 heterocycles. The zero-order chi connectivity index (χ0) is 19.9. The van der Waals surface area contributed by atoms with Crippen molar-refractivity contribution in [2.75, 3.05) is 26.3 Å². The van der Waals surface area contributed by atoms with E-state index in [1.165, 1.54) is 24.3 Å². The van der Waals surface area contributed by atoms with Crippen molar-refractivity contribution >= 4 is 17.8 Å². The number of rotatable bonds is 6. The molecular formula is C21H22N2O5. The number of ether oxygens (including phenoxy) is 1.